The molecule has 7 heteroatoms. The van der Waals surface area contributed by atoms with Crippen molar-refractivity contribution in [2.75, 3.05) is 10.6 Å². The molecule has 0 unspecified atom stereocenters. The second-order valence-electron chi connectivity index (χ2n) is 7.68. The Hall–Kier alpha value is -4.42. The van der Waals surface area contributed by atoms with Gasteiger partial charge in [-0.25, -0.2) is 4.98 Å². The van der Waals surface area contributed by atoms with Crippen molar-refractivity contribution in [2.45, 2.75) is 0 Å². The Morgan fingerprint density at radius 3 is 2.21 bits per heavy atom. The summed E-state index contributed by atoms with van der Waals surface area (Å²) in [6.45, 7) is 0. The summed E-state index contributed by atoms with van der Waals surface area (Å²) in [5, 5.41) is 6.25. The van der Waals surface area contributed by atoms with E-state index in [2.05, 4.69) is 20.6 Å². The monoisotopic (exact) mass is 466 g/mol. The topological polar surface area (TPSA) is 86.9 Å². The zero-order valence-corrected chi connectivity index (χ0v) is 18.6. The molecule has 4 aromatic carbocycles. The van der Waals surface area contributed by atoms with E-state index in [1.54, 1.807) is 42.5 Å². The summed E-state index contributed by atoms with van der Waals surface area (Å²) in [5.41, 5.74) is 4.79. The number of imidazole rings is 1. The lowest BCUT2D eigenvalue weighted by Gasteiger charge is -2.05. The van der Waals surface area contributed by atoms with Crippen molar-refractivity contribution < 1.29 is 9.59 Å². The fourth-order valence-electron chi connectivity index (χ4n) is 3.56. The number of benzene rings is 4. The molecule has 6 nitrogen and oxygen atoms in total. The van der Waals surface area contributed by atoms with Crippen LogP contribution >= 0.6 is 11.6 Å². The van der Waals surface area contributed by atoms with E-state index in [1.807, 2.05) is 54.6 Å². The van der Waals surface area contributed by atoms with Crippen molar-refractivity contribution in [2.24, 2.45) is 0 Å². The minimum absolute atomic E-state index is 0.178. The van der Waals surface area contributed by atoms with Gasteiger partial charge >= 0.3 is 0 Å². The molecule has 3 N–H and O–H groups in total. The lowest BCUT2D eigenvalue weighted by Crippen LogP contribution is -2.11. The lowest BCUT2D eigenvalue weighted by atomic mass is 10.1. The summed E-state index contributed by atoms with van der Waals surface area (Å²) in [5.74, 6) is 0.243. The smallest absolute Gasteiger partial charge is 0.255 e. The molecule has 2 amide bonds. The van der Waals surface area contributed by atoms with Crippen LogP contribution in [0.5, 0.6) is 0 Å². The first-order chi connectivity index (χ1) is 16.5. The number of hydrogen-bond donors (Lipinski definition) is 3. The lowest BCUT2D eigenvalue weighted by molar-refractivity contribution is 0.101. The summed E-state index contributed by atoms with van der Waals surface area (Å²) in [6.07, 6.45) is 0. The van der Waals surface area contributed by atoms with Crippen molar-refractivity contribution >= 4 is 45.8 Å². The van der Waals surface area contributed by atoms with E-state index in [0.29, 0.717) is 33.2 Å². The number of amides is 2. The summed E-state index contributed by atoms with van der Waals surface area (Å²) < 4.78 is 0. The number of hydrogen-bond acceptors (Lipinski definition) is 3. The molecule has 0 atom stereocenters. The summed E-state index contributed by atoms with van der Waals surface area (Å²) in [7, 11) is 0. The Morgan fingerprint density at radius 1 is 0.706 bits per heavy atom. The maximum absolute atomic E-state index is 12.5. The van der Waals surface area contributed by atoms with Gasteiger partial charge in [0.2, 0.25) is 0 Å². The highest BCUT2D eigenvalue weighted by molar-refractivity contribution is 6.31. The molecule has 0 aliphatic rings. The molecule has 34 heavy (non-hydrogen) atoms. The van der Waals surface area contributed by atoms with Gasteiger partial charge in [0.25, 0.3) is 11.8 Å². The molecule has 0 radical (unpaired) electrons. The van der Waals surface area contributed by atoms with E-state index in [-0.39, 0.29) is 11.8 Å². The largest absolute Gasteiger partial charge is 0.338 e. The fourth-order valence-corrected chi connectivity index (χ4v) is 3.75. The molecule has 0 fully saturated rings. The molecule has 1 aromatic heterocycles. The van der Waals surface area contributed by atoms with Crippen molar-refractivity contribution in [3.63, 3.8) is 0 Å². The maximum atomic E-state index is 12.5. The van der Waals surface area contributed by atoms with E-state index in [9.17, 15) is 9.59 Å². The van der Waals surface area contributed by atoms with Crippen LogP contribution in [0.1, 0.15) is 20.7 Å². The van der Waals surface area contributed by atoms with Gasteiger partial charge in [0.15, 0.2) is 0 Å². The zero-order chi connectivity index (χ0) is 23.5. The molecule has 0 aliphatic carbocycles. The third-order valence-electron chi connectivity index (χ3n) is 5.28. The van der Waals surface area contributed by atoms with Gasteiger partial charge in [0, 0.05) is 33.1 Å². The minimum Gasteiger partial charge on any atom is -0.338 e. The Morgan fingerprint density at radius 2 is 1.44 bits per heavy atom. The number of H-pyrrole nitrogens is 1. The molecule has 0 saturated heterocycles. The van der Waals surface area contributed by atoms with Gasteiger partial charge in [0.1, 0.15) is 5.82 Å². The van der Waals surface area contributed by atoms with E-state index >= 15 is 0 Å². The number of para-hydroxylation sites is 1. The molecular weight excluding hydrogens is 448 g/mol. The van der Waals surface area contributed by atoms with Crippen LogP contribution in [0.3, 0.4) is 0 Å². The third-order valence-corrected chi connectivity index (χ3v) is 5.52. The second kappa shape index (κ2) is 9.21. The van der Waals surface area contributed by atoms with Crippen molar-refractivity contribution in [1.82, 2.24) is 9.97 Å². The normalized spacial score (nSPS) is 10.7. The number of nitrogens with zero attached hydrogens (tertiary/aromatic N) is 1. The van der Waals surface area contributed by atoms with E-state index in [0.717, 1.165) is 16.8 Å². The summed E-state index contributed by atoms with van der Waals surface area (Å²) >= 11 is 5.98. The first kappa shape index (κ1) is 21.4. The molecule has 1 heterocycles. The molecule has 0 aliphatic heterocycles. The van der Waals surface area contributed by atoms with Crippen LogP contribution in [0.2, 0.25) is 5.02 Å². The highest BCUT2D eigenvalue weighted by Gasteiger charge is 2.11. The predicted molar refractivity (Wildman–Crippen MR) is 135 cm³/mol. The van der Waals surface area contributed by atoms with Gasteiger partial charge in [-0.3, -0.25) is 9.59 Å². The van der Waals surface area contributed by atoms with E-state index < -0.39 is 0 Å². The number of aromatic amines is 1. The number of nitrogens with one attached hydrogen (secondary N) is 3. The Labute approximate surface area is 200 Å². The standard InChI is InChI=1S/C27H19ClN4O2/c28-20-6-4-5-19(15-20)27(34)30-22-13-14-23-24(16-22)32-25(31-23)17-9-11-18(12-10-17)26(33)29-21-7-2-1-3-8-21/h1-16H,(H,29,33)(H,30,34)(H,31,32). The number of anilines is 2. The fraction of sp³-hybridized carbons (Fsp3) is 0. The Bertz CT molecular complexity index is 1490. The predicted octanol–water partition coefficient (Wildman–Crippen LogP) is 6.39. The Balaban J connectivity index is 1.32. The Kier molecular flexibility index (Phi) is 5.81. The van der Waals surface area contributed by atoms with E-state index in [4.69, 9.17) is 11.6 Å². The van der Waals surface area contributed by atoms with Gasteiger partial charge in [-0.2, -0.15) is 0 Å². The molecule has 5 aromatic rings. The molecule has 0 saturated carbocycles. The number of carbonyl (C=O) groups excluding carboxylic acids is 2. The van der Waals surface area contributed by atoms with Crippen LogP contribution in [0.25, 0.3) is 22.4 Å². The first-order valence-corrected chi connectivity index (χ1v) is 11.0. The zero-order valence-electron chi connectivity index (χ0n) is 17.9. The van der Waals surface area contributed by atoms with Crippen molar-refractivity contribution in [3.05, 3.63) is 113 Å². The second-order valence-corrected chi connectivity index (χ2v) is 8.12. The van der Waals surface area contributed by atoms with E-state index in [1.165, 1.54) is 0 Å². The van der Waals surface area contributed by atoms with Gasteiger partial charge in [-0.1, -0.05) is 48.0 Å². The van der Waals surface area contributed by atoms with Crippen molar-refractivity contribution in [3.8, 4) is 11.4 Å². The average molecular weight is 467 g/mol. The number of halogens is 1. The third kappa shape index (κ3) is 4.67. The molecular formula is C27H19ClN4O2. The molecule has 166 valence electrons. The quantitative estimate of drug-likeness (QED) is 0.280. The van der Waals surface area contributed by atoms with Crippen LogP contribution < -0.4 is 10.6 Å². The van der Waals surface area contributed by atoms with Crippen LogP contribution in [-0.4, -0.2) is 21.8 Å². The SMILES string of the molecule is O=C(Nc1ccccc1)c1ccc(-c2nc3cc(NC(=O)c4cccc(Cl)c4)ccc3[nH]2)cc1. The maximum Gasteiger partial charge on any atom is 0.255 e. The molecule has 0 bridgehead atoms. The average Bonchev–Trinajstić information content (AvgIpc) is 3.28. The molecule has 5 rings (SSSR count). The highest BCUT2D eigenvalue weighted by Crippen LogP contribution is 2.24. The summed E-state index contributed by atoms with van der Waals surface area (Å²) in [4.78, 5) is 32.9. The number of aromatic nitrogens is 2. The van der Waals surface area contributed by atoms with Gasteiger partial charge < -0.3 is 15.6 Å². The van der Waals surface area contributed by atoms with Crippen molar-refractivity contribution in [1.29, 1.82) is 0 Å². The summed E-state index contributed by atoms with van der Waals surface area (Å²) in [6, 6.07) is 28.8. The first-order valence-electron chi connectivity index (χ1n) is 10.6. The van der Waals surface area contributed by atoms with Crippen LogP contribution in [0, 0.1) is 0 Å². The number of fused-ring (bicyclic) bond motifs is 1. The minimum atomic E-state index is -0.248. The van der Waals surface area contributed by atoms with Crippen LogP contribution in [0.15, 0.2) is 97.1 Å². The molecule has 0 spiro atoms. The van der Waals surface area contributed by atoms with Crippen LogP contribution in [0.4, 0.5) is 11.4 Å². The number of carbonyl (C=O) groups is 2. The van der Waals surface area contributed by atoms with Crippen LogP contribution in [-0.2, 0) is 0 Å². The van der Waals surface area contributed by atoms with Gasteiger partial charge in [-0.05, 0) is 60.7 Å². The highest BCUT2D eigenvalue weighted by atomic mass is 35.5. The van der Waals surface area contributed by atoms with Gasteiger partial charge in [0.05, 0.1) is 11.0 Å². The van der Waals surface area contributed by atoms with Gasteiger partial charge in [-0.15, -0.1) is 0 Å². The number of rotatable bonds is 5.